The number of aliphatic hydroxyl groups excluding tert-OH is 6. The molecule has 0 rings (SSSR count). The molecule has 12 heteroatoms. The highest BCUT2D eigenvalue weighted by Crippen LogP contribution is 2.08. The molecular formula is C22H48Cl3N3O6. The maximum Gasteiger partial charge on any atom is 0.102 e. The third kappa shape index (κ3) is 17.4. The van der Waals surface area contributed by atoms with Crippen LogP contribution >= 0.6 is 0 Å². The SMILES string of the molecule is C[N+](C)(C/C=C/C[N+](CCO)(CCO)CCO)C/C=C/C[N+](CCO)(CCO)CCO.[Cl-].[Cl-].[Cl-]. The quantitative estimate of drug-likeness (QED) is 0.0655. The number of halogens is 3. The van der Waals surface area contributed by atoms with Crippen LogP contribution in [0.25, 0.3) is 0 Å². The molecule has 0 aliphatic carbocycles. The van der Waals surface area contributed by atoms with Crippen molar-refractivity contribution < 1.29 is 81.3 Å². The van der Waals surface area contributed by atoms with E-state index >= 15 is 0 Å². The lowest BCUT2D eigenvalue weighted by molar-refractivity contribution is -0.923. The van der Waals surface area contributed by atoms with Gasteiger partial charge in [0, 0.05) is 0 Å². The molecule has 0 atom stereocenters. The molecule has 0 aliphatic rings. The van der Waals surface area contributed by atoms with Crippen LogP contribution in [0, 0.1) is 0 Å². The van der Waals surface area contributed by atoms with Gasteiger partial charge in [0.2, 0.25) is 0 Å². The monoisotopic (exact) mass is 555 g/mol. The fourth-order valence-electron chi connectivity index (χ4n) is 3.88. The van der Waals surface area contributed by atoms with E-state index in [1.54, 1.807) is 0 Å². The third-order valence-corrected chi connectivity index (χ3v) is 5.96. The van der Waals surface area contributed by atoms with E-state index in [4.69, 9.17) is 0 Å². The Morgan fingerprint density at radius 3 is 0.824 bits per heavy atom. The van der Waals surface area contributed by atoms with Gasteiger partial charge in [0.1, 0.15) is 39.3 Å². The van der Waals surface area contributed by atoms with Crippen molar-refractivity contribution in [1.29, 1.82) is 0 Å². The molecule has 0 fully saturated rings. The van der Waals surface area contributed by atoms with Crippen molar-refractivity contribution in [3.05, 3.63) is 24.3 Å². The zero-order valence-corrected chi connectivity index (χ0v) is 23.0. The Morgan fingerprint density at radius 2 is 0.618 bits per heavy atom. The molecule has 9 nitrogen and oxygen atoms in total. The molecule has 6 N–H and O–H groups in total. The number of quaternary nitrogens is 3. The molecule has 0 saturated carbocycles. The summed E-state index contributed by atoms with van der Waals surface area (Å²) >= 11 is 0. The second-order valence-corrected chi connectivity index (χ2v) is 8.98. The summed E-state index contributed by atoms with van der Waals surface area (Å²) in [6.07, 6.45) is 8.35. The Kier molecular flexibility index (Phi) is 28.3. The molecular weight excluding hydrogens is 509 g/mol. The molecule has 0 bridgehead atoms. The second-order valence-electron chi connectivity index (χ2n) is 8.98. The lowest BCUT2D eigenvalue weighted by Crippen LogP contribution is -3.00. The van der Waals surface area contributed by atoms with Gasteiger partial charge in [0.15, 0.2) is 0 Å². The predicted molar refractivity (Wildman–Crippen MR) is 122 cm³/mol. The fraction of sp³-hybridized carbons (Fsp3) is 0.818. The highest BCUT2D eigenvalue weighted by Gasteiger charge is 2.25. The van der Waals surface area contributed by atoms with Crippen molar-refractivity contribution in [2.45, 2.75) is 0 Å². The van der Waals surface area contributed by atoms with Crippen LogP contribution in [0.3, 0.4) is 0 Å². The van der Waals surface area contributed by atoms with E-state index in [-0.39, 0.29) is 76.9 Å². The van der Waals surface area contributed by atoms with Crippen molar-refractivity contribution in [3.8, 4) is 0 Å². The van der Waals surface area contributed by atoms with Crippen LogP contribution in [-0.4, -0.2) is 163 Å². The topological polar surface area (TPSA) is 121 Å². The summed E-state index contributed by atoms with van der Waals surface area (Å²) in [4.78, 5) is 0. The third-order valence-electron chi connectivity index (χ3n) is 5.96. The van der Waals surface area contributed by atoms with Crippen LogP contribution < -0.4 is 37.2 Å². The van der Waals surface area contributed by atoms with Gasteiger partial charge in [-0.15, -0.1) is 0 Å². The zero-order valence-electron chi connectivity index (χ0n) is 20.8. The average Bonchev–Trinajstić information content (AvgIpc) is 2.70. The van der Waals surface area contributed by atoms with Gasteiger partial charge in [-0.2, -0.15) is 0 Å². The van der Waals surface area contributed by atoms with Crippen molar-refractivity contribution in [2.75, 3.05) is 119 Å². The van der Waals surface area contributed by atoms with Gasteiger partial charge in [-0.05, 0) is 24.3 Å². The van der Waals surface area contributed by atoms with Gasteiger partial charge >= 0.3 is 0 Å². The van der Waals surface area contributed by atoms with Gasteiger partial charge in [0.25, 0.3) is 0 Å². The molecule has 0 unspecified atom stereocenters. The molecule has 0 radical (unpaired) electrons. The maximum absolute atomic E-state index is 9.36. The van der Waals surface area contributed by atoms with Gasteiger partial charge < -0.3 is 81.3 Å². The number of rotatable bonds is 20. The Hall–Kier alpha value is -0.0100. The molecule has 0 aromatic rings. The summed E-state index contributed by atoms with van der Waals surface area (Å²) in [6.45, 7) is 6.04. The lowest BCUT2D eigenvalue weighted by Gasteiger charge is -2.36. The molecule has 208 valence electrons. The normalized spacial score (nSPS) is 12.5. The molecule has 0 aromatic carbocycles. The Bertz CT molecular complexity index is 438. The van der Waals surface area contributed by atoms with Gasteiger partial charge in [-0.25, -0.2) is 0 Å². The summed E-state index contributed by atoms with van der Waals surface area (Å²) in [7, 11) is 4.26. The fourth-order valence-corrected chi connectivity index (χ4v) is 3.88. The van der Waals surface area contributed by atoms with E-state index in [0.717, 1.165) is 17.6 Å². The van der Waals surface area contributed by atoms with Crippen molar-refractivity contribution in [1.82, 2.24) is 0 Å². The Balaban J connectivity index is -0.00000150. The molecule has 0 saturated heterocycles. The standard InChI is InChI=1S/C22H48N3O6.3ClH/c1-23(2,7-3-5-9-24(11-17-26,12-18-27)13-19-28)8-4-6-10-25(14-20-29,15-21-30)16-22-31;;;/h3-6,26-31H,7-22H2,1-2H3;3*1H/q+3;;;/p-3/b5-3+,6-4+;;;. The number of nitrogens with zero attached hydrogens (tertiary/aromatic N) is 3. The first-order valence-corrected chi connectivity index (χ1v) is 11.3. The summed E-state index contributed by atoms with van der Waals surface area (Å²) < 4.78 is 1.68. The predicted octanol–water partition coefficient (Wildman–Crippen LogP) is -11.2. The maximum atomic E-state index is 9.36. The van der Waals surface area contributed by atoms with Gasteiger partial charge in [0.05, 0.1) is 79.9 Å². The van der Waals surface area contributed by atoms with Gasteiger partial charge in [-0.3, -0.25) is 0 Å². The summed E-state index contributed by atoms with van der Waals surface area (Å²) in [5.41, 5.74) is 0. The highest BCUT2D eigenvalue weighted by atomic mass is 35.5. The first-order chi connectivity index (χ1) is 14.8. The van der Waals surface area contributed by atoms with Crippen LogP contribution in [0.4, 0.5) is 0 Å². The first kappa shape index (κ1) is 41.1. The minimum absolute atomic E-state index is 0. The van der Waals surface area contributed by atoms with E-state index in [1.807, 2.05) is 0 Å². The number of likely N-dealkylation sites (N-methyl/N-ethyl adjacent to an activating group) is 1. The molecule has 0 heterocycles. The van der Waals surface area contributed by atoms with Crippen molar-refractivity contribution >= 4 is 0 Å². The Labute approximate surface area is 224 Å². The molecule has 34 heavy (non-hydrogen) atoms. The minimum atomic E-state index is 0. The van der Waals surface area contributed by atoms with E-state index in [2.05, 4.69) is 38.4 Å². The molecule has 0 amide bonds. The number of hydrogen-bond donors (Lipinski definition) is 6. The van der Waals surface area contributed by atoms with Crippen LogP contribution in [0.1, 0.15) is 0 Å². The van der Waals surface area contributed by atoms with E-state index in [9.17, 15) is 30.6 Å². The summed E-state index contributed by atoms with van der Waals surface area (Å²) in [5.74, 6) is 0. The molecule has 0 spiro atoms. The van der Waals surface area contributed by atoms with Crippen LogP contribution in [0.2, 0.25) is 0 Å². The lowest BCUT2D eigenvalue weighted by atomic mass is 10.2. The minimum Gasteiger partial charge on any atom is -1.00 e. The van der Waals surface area contributed by atoms with Crippen molar-refractivity contribution in [3.63, 3.8) is 0 Å². The molecule has 0 aliphatic heterocycles. The van der Waals surface area contributed by atoms with Gasteiger partial charge in [-0.1, -0.05) is 0 Å². The first-order valence-electron chi connectivity index (χ1n) is 11.3. The van der Waals surface area contributed by atoms with Crippen LogP contribution in [0.5, 0.6) is 0 Å². The highest BCUT2D eigenvalue weighted by molar-refractivity contribution is 4.85. The number of hydrogen-bond acceptors (Lipinski definition) is 6. The van der Waals surface area contributed by atoms with E-state index < -0.39 is 0 Å². The second kappa shape index (κ2) is 23.4. The summed E-state index contributed by atoms with van der Waals surface area (Å²) in [6, 6.07) is 0. The molecule has 0 aromatic heterocycles. The average molecular weight is 557 g/mol. The zero-order chi connectivity index (χ0) is 23.6. The summed E-state index contributed by atoms with van der Waals surface area (Å²) in [5, 5.41) is 56.2. The Morgan fingerprint density at radius 1 is 0.412 bits per heavy atom. The largest absolute Gasteiger partial charge is 1.00 e. The number of aliphatic hydroxyl groups is 6. The van der Waals surface area contributed by atoms with Crippen LogP contribution in [0.15, 0.2) is 24.3 Å². The van der Waals surface area contributed by atoms with E-state index in [1.165, 1.54) is 0 Å². The smallest absolute Gasteiger partial charge is 0.102 e. The van der Waals surface area contributed by atoms with Crippen molar-refractivity contribution in [2.24, 2.45) is 0 Å². The van der Waals surface area contributed by atoms with Crippen LogP contribution in [-0.2, 0) is 0 Å². The van der Waals surface area contributed by atoms with E-state index in [0.29, 0.717) is 61.3 Å².